The number of benzene rings is 2. The molecule has 0 aliphatic heterocycles. The van der Waals surface area contributed by atoms with Crippen molar-refractivity contribution in [2.75, 3.05) is 6.61 Å². The third-order valence-corrected chi connectivity index (χ3v) is 3.37. The molecule has 4 heteroatoms. The van der Waals surface area contributed by atoms with Crippen LogP contribution in [0.1, 0.15) is 11.1 Å². The zero-order chi connectivity index (χ0) is 14.3. The van der Waals surface area contributed by atoms with Crippen molar-refractivity contribution in [2.45, 2.75) is 6.42 Å². The molecule has 0 saturated heterocycles. The van der Waals surface area contributed by atoms with Crippen LogP contribution in [0.15, 0.2) is 36.9 Å². The summed E-state index contributed by atoms with van der Waals surface area (Å²) in [6, 6.07) is 6.25. The van der Waals surface area contributed by atoms with E-state index in [2.05, 4.69) is 6.58 Å². The van der Waals surface area contributed by atoms with E-state index < -0.39 is 17.5 Å². The third kappa shape index (κ3) is 1.88. The molecule has 102 valence electrons. The van der Waals surface area contributed by atoms with E-state index in [1.165, 1.54) is 0 Å². The highest BCUT2D eigenvalue weighted by Gasteiger charge is 2.26. The van der Waals surface area contributed by atoms with Gasteiger partial charge in [-0.25, -0.2) is 13.2 Å². The van der Waals surface area contributed by atoms with Gasteiger partial charge in [0.15, 0.2) is 17.5 Å². The van der Waals surface area contributed by atoms with Crippen LogP contribution in [-0.4, -0.2) is 6.61 Å². The average molecular weight is 276 g/mol. The molecule has 2 aromatic rings. The molecule has 0 fully saturated rings. The summed E-state index contributed by atoms with van der Waals surface area (Å²) in [7, 11) is 0. The molecule has 1 aliphatic rings. The van der Waals surface area contributed by atoms with Crippen molar-refractivity contribution >= 4 is 0 Å². The molecule has 0 aromatic heterocycles. The van der Waals surface area contributed by atoms with E-state index >= 15 is 0 Å². The minimum atomic E-state index is -1.42. The monoisotopic (exact) mass is 276 g/mol. The average Bonchev–Trinajstić information content (AvgIpc) is 2.81. The molecule has 0 heterocycles. The Morgan fingerprint density at radius 3 is 2.65 bits per heavy atom. The third-order valence-electron chi connectivity index (χ3n) is 3.37. The topological polar surface area (TPSA) is 9.23 Å². The Kier molecular flexibility index (Phi) is 3.01. The zero-order valence-electron chi connectivity index (χ0n) is 10.6. The molecule has 0 unspecified atom stereocenters. The predicted octanol–water partition coefficient (Wildman–Crippen LogP) is 4.24. The summed E-state index contributed by atoms with van der Waals surface area (Å²) in [6.45, 7) is 3.92. The van der Waals surface area contributed by atoms with Crippen LogP contribution < -0.4 is 4.74 Å². The number of hydrogen-bond acceptors (Lipinski definition) is 1. The van der Waals surface area contributed by atoms with Crippen molar-refractivity contribution in [2.24, 2.45) is 0 Å². The van der Waals surface area contributed by atoms with Gasteiger partial charge in [-0.3, -0.25) is 0 Å². The number of fused-ring (bicyclic) bond motifs is 3. The number of rotatable bonds is 3. The van der Waals surface area contributed by atoms with Gasteiger partial charge in [-0.15, -0.1) is 0 Å². The van der Waals surface area contributed by atoms with E-state index in [9.17, 15) is 13.2 Å². The normalized spacial score (nSPS) is 11.9. The summed E-state index contributed by atoms with van der Waals surface area (Å²) in [5, 5.41) is 0. The Labute approximate surface area is 114 Å². The van der Waals surface area contributed by atoms with Gasteiger partial charge in [0.05, 0.1) is 0 Å². The summed E-state index contributed by atoms with van der Waals surface area (Å²) >= 11 is 0. The van der Waals surface area contributed by atoms with Crippen LogP contribution in [0, 0.1) is 17.5 Å². The van der Waals surface area contributed by atoms with Gasteiger partial charge in [0, 0.05) is 12.0 Å². The molecule has 2 aromatic carbocycles. The Balaban J connectivity index is 2.06. The Morgan fingerprint density at radius 1 is 1.10 bits per heavy atom. The lowest BCUT2D eigenvalue weighted by Crippen LogP contribution is -1.96. The van der Waals surface area contributed by atoms with Crippen LogP contribution >= 0.6 is 0 Å². The predicted molar refractivity (Wildman–Crippen MR) is 70.2 cm³/mol. The lowest BCUT2D eigenvalue weighted by atomic mass is 10.1. The van der Waals surface area contributed by atoms with Gasteiger partial charge >= 0.3 is 0 Å². The SMILES string of the molecule is C=CCOc1ccc2c(c1)Cc1c-2cc(F)c(F)c1F. The van der Waals surface area contributed by atoms with Gasteiger partial charge in [-0.05, 0) is 34.9 Å². The van der Waals surface area contributed by atoms with Crippen molar-refractivity contribution in [3.8, 4) is 16.9 Å². The Morgan fingerprint density at radius 2 is 1.90 bits per heavy atom. The maximum absolute atomic E-state index is 13.8. The first kappa shape index (κ1) is 12.8. The number of ether oxygens (including phenoxy) is 1. The van der Waals surface area contributed by atoms with Crippen molar-refractivity contribution in [3.05, 3.63) is 65.5 Å². The lowest BCUT2D eigenvalue weighted by molar-refractivity contribution is 0.363. The second-order valence-corrected chi connectivity index (χ2v) is 4.61. The summed E-state index contributed by atoms with van der Waals surface area (Å²) < 4.78 is 45.8. The van der Waals surface area contributed by atoms with Crippen molar-refractivity contribution < 1.29 is 17.9 Å². The van der Waals surface area contributed by atoms with Crippen LogP contribution in [-0.2, 0) is 6.42 Å². The van der Waals surface area contributed by atoms with Gasteiger partial charge in [0.1, 0.15) is 12.4 Å². The minimum Gasteiger partial charge on any atom is -0.490 e. The molecule has 3 rings (SSSR count). The maximum Gasteiger partial charge on any atom is 0.194 e. The van der Waals surface area contributed by atoms with E-state index in [1.54, 1.807) is 24.3 Å². The largest absolute Gasteiger partial charge is 0.490 e. The smallest absolute Gasteiger partial charge is 0.194 e. The zero-order valence-corrected chi connectivity index (χ0v) is 10.6. The Hall–Kier alpha value is -2.23. The molecule has 0 amide bonds. The molecule has 0 spiro atoms. The summed E-state index contributed by atoms with van der Waals surface area (Å²) in [5.74, 6) is -3.07. The van der Waals surface area contributed by atoms with Gasteiger partial charge in [0.2, 0.25) is 0 Å². The molecule has 20 heavy (non-hydrogen) atoms. The first-order valence-corrected chi connectivity index (χ1v) is 6.15. The molecule has 0 saturated carbocycles. The van der Waals surface area contributed by atoms with E-state index in [1.807, 2.05) is 0 Å². The molecule has 0 atom stereocenters. The molecule has 0 N–H and O–H groups in total. The number of halogens is 3. The van der Waals surface area contributed by atoms with E-state index in [4.69, 9.17) is 4.74 Å². The van der Waals surface area contributed by atoms with Crippen LogP contribution in [0.3, 0.4) is 0 Å². The molecule has 1 aliphatic carbocycles. The van der Waals surface area contributed by atoms with Gasteiger partial charge in [-0.2, -0.15) is 0 Å². The summed E-state index contributed by atoms with van der Waals surface area (Å²) in [6.07, 6.45) is 1.85. The maximum atomic E-state index is 13.8. The van der Waals surface area contributed by atoms with E-state index in [-0.39, 0.29) is 12.0 Å². The highest BCUT2D eigenvalue weighted by atomic mass is 19.2. The number of hydrogen-bond donors (Lipinski definition) is 0. The fourth-order valence-electron chi connectivity index (χ4n) is 2.46. The molecule has 0 radical (unpaired) electrons. The van der Waals surface area contributed by atoms with Gasteiger partial charge in [0.25, 0.3) is 0 Å². The van der Waals surface area contributed by atoms with Gasteiger partial charge < -0.3 is 4.74 Å². The van der Waals surface area contributed by atoms with Crippen LogP contribution in [0.4, 0.5) is 13.2 Å². The fraction of sp³-hybridized carbons (Fsp3) is 0.125. The van der Waals surface area contributed by atoms with Gasteiger partial charge in [-0.1, -0.05) is 18.7 Å². The van der Waals surface area contributed by atoms with Crippen molar-refractivity contribution in [1.82, 2.24) is 0 Å². The highest BCUT2D eigenvalue weighted by molar-refractivity contribution is 5.77. The summed E-state index contributed by atoms with van der Waals surface area (Å²) in [4.78, 5) is 0. The first-order valence-electron chi connectivity index (χ1n) is 6.15. The fourth-order valence-corrected chi connectivity index (χ4v) is 2.46. The van der Waals surface area contributed by atoms with E-state index in [0.717, 1.165) is 11.6 Å². The van der Waals surface area contributed by atoms with Crippen LogP contribution in [0.25, 0.3) is 11.1 Å². The first-order chi connectivity index (χ1) is 9.61. The minimum absolute atomic E-state index is 0.194. The van der Waals surface area contributed by atoms with Crippen LogP contribution in [0.2, 0.25) is 0 Å². The molecular formula is C16H11F3O. The quantitative estimate of drug-likeness (QED) is 0.513. The summed E-state index contributed by atoms with van der Waals surface area (Å²) in [5.41, 5.74) is 2.11. The Bertz CT molecular complexity index is 707. The highest BCUT2D eigenvalue weighted by Crippen LogP contribution is 2.40. The molecular weight excluding hydrogens is 265 g/mol. The van der Waals surface area contributed by atoms with Crippen molar-refractivity contribution in [3.63, 3.8) is 0 Å². The standard InChI is InChI=1S/C16H11F3O/c1-2-5-20-10-3-4-11-9(6-10)7-13-12(11)8-14(17)16(19)15(13)18/h2-4,6,8H,1,5,7H2. The van der Waals surface area contributed by atoms with Crippen molar-refractivity contribution in [1.29, 1.82) is 0 Å². The lowest BCUT2D eigenvalue weighted by Gasteiger charge is -2.06. The van der Waals surface area contributed by atoms with Crippen LogP contribution in [0.5, 0.6) is 5.75 Å². The second-order valence-electron chi connectivity index (χ2n) is 4.61. The molecule has 0 bridgehead atoms. The second kappa shape index (κ2) is 4.71. The molecule has 1 nitrogen and oxygen atoms in total. The van der Waals surface area contributed by atoms with E-state index in [0.29, 0.717) is 23.5 Å².